The molecule has 1 saturated carbocycles. The monoisotopic (exact) mass is 251 g/mol. The summed E-state index contributed by atoms with van der Waals surface area (Å²) in [6, 6.07) is 0.549. The summed E-state index contributed by atoms with van der Waals surface area (Å²) in [5, 5.41) is 21.1. The zero-order valence-electron chi connectivity index (χ0n) is 10.7. The number of aliphatic hydroxyl groups excluding tert-OH is 1. The van der Waals surface area contributed by atoms with Gasteiger partial charge in [0.2, 0.25) is 0 Å². The van der Waals surface area contributed by atoms with Gasteiger partial charge < -0.3 is 5.11 Å². The van der Waals surface area contributed by atoms with Crippen molar-refractivity contribution in [1.82, 2.24) is 25.1 Å². The molecule has 18 heavy (non-hydrogen) atoms. The van der Waals surface area contributed by atoms with Crippen molar-refractivity contribution in [3.05, 3.63) is 5.82 Å². The Hall–Kier alpha value is -1.01. The highest BCUT2D eigenvalue weighted by molar-refractivity contribution is 4.91. The van der Waals surface area contributed by atoms with Gasteiger partial charge in [0, 0.05) is 13.2 Å². The molecule has 2 fully saturated rings. The van der Waals surface area contributed by atoms with Crippen LogP contribution in [0.4, 0.5) is 0 Å². The van der Waals surface area contributed by atoms with Crippen molar-refractivity contribution in [2.24, 2.45) is 5.92 Å². The summed E-state index contributed by atoms with van der Waals surface area (Å²) in [7, 11) is 0. The number of hydrogen-bond acceptors (Lipinski definition) is 5. The summed E-state index contributed by atoms with van der Waals surface area (Å²) >= 11 is 0. The molecule has 1 saturated heterocycles. The molecule has 1 N–H and O–H groups in total. The van der Waals surface area contributed by atoms with Crippen LogP contribution in [-0.2, 0) is 6.54 Å². The van der Waals surface area contributed by atoms with E-state index in [1.807, 2.05) is 4.68 Å². The number of aromatic nitrogens is 4. The van der Waals surface area contributed by atoms with Gasteiger partial charge in [0.25, 0.3) is 0 Å². The van der Waals surface area contributed by atoms with Gasteiger partial charge in [-0.3, -0.25) is 4.90 Å². The smallest absolute Gasteiger partial charge is 0.165 e. The normalized spacial score (nSPS) is 25.5. The molecule has 1 aromatic rings. The fraction of sp³-hybridized carbons (Fsp3) is 0.917. The van der Waals surface area contributed by atoms with E-state index in [0.29, 0.717) is 18.6 Å². The summed E-state index contributed by atoms with van der Waals surface area (Å²) in [5.41, 5.74) is 0. The molecule has 0 aromatic carbocycles. The minimum atomic E-state index is 0.304. The molecular formula is C12H21N5O. The van der Waals surface area contributed by atoms with Crippen LogP contribution in [0.15, 0.2) is 0 Å². The van der Waals surface area contributed by atoms with Crippen molar-refractivity contribution in [2.45, 2.75) is 44.7 Å². The molecule has 1 atom stereocenters. The van der Waals surface area contributed by atoms with E-state index >= 15 is 0 Å². The van der Waals surface area contributed by atoms with E-state index in [1.165, 1.54) is 25.7 Å². The van der Waals surface area contributed by atoms with Gasteiger partial charge in [0.15, 0.2) is 5.82 Å². The fourth-order valence-corrected chi connectivity index (χ4v) is 2.83. The summed E-state index contributed by atoms with van der Waals surface area (Å²) in [6.45, 7) is 3.35. The first kappa shape index (κ1) is 12.0. The lowest BCUT2D eigenvalue weighted by atomic mass is 9.95. The molecule has 3 rings (SSSR count). The van der Waals surface area contributed by atoms with E-state index in [1.54, 1.807) is 0 Å². The van der Waals surface area contributed by atoms with Gasteiger partial charge in [-0.1, -0.05) is 0 Å². The number of hydrogen-bond donors (Lipinski definition) is 1. The summed E-state index contributed by atoms with van der Waals surface area (Å²) < 4.78 is 2.00. The number of rotatable bonds is 5. The molecule has 0 spiro atoms. The van der Waals surface area contributed by atoms with Crippen molar-refractivity contribution < 1.29 is 5.11 Å². The van der Waals surface area contributed by atoms with Crippen LogP contribution in [0.25, 0.3) is 0 Å². The maximum absolute atomic E-state index is 9.03. The van der Waals surface area contributed by atoms with Crippen molar-refractivity contribution in [3.63, 3.8) is 0 Å². The van der Waals surface area contributed by atoms with Crippen LogP contribution in [0.3, 0.4) is 0 Å². The first-order chi connectivity index (χ1) is 8.86. The van der Waals surface area contributed by atoms with Gasteiger partial charge in [-0.2, -0.15) is 0 Å². The topological polar surface area (TPSA) is 67.1 Å². The average molecular weight is 251 g/mol. The molecule has 1 aliphatic carbocycles. The predicted octanol–water partition coefficient (Wildman–Crippen LogP) is 0.602. The molecule has 0 radical (unpaired) electrons. The molecule has 0 amide bonds. The molecule has 2 heterocycles. The third-order valence-electron chi connectivity index (χ3n) is 3.96. The summed E-state index contributed by atoms with van der Waals surface area (Å²) in [4.78, 5) is 2.42. The second-order valence-corrected chi connectivity index (χ2v) is 5.53. The Morgan fingerprint density at radius 3 is 2.94 bits per heavy atom. The fourth-order valence-electron chi connectivity index (χ4n) is 2.83. The average Bonchev–Trinajstić information content (AvgIpc) is 3.12. The lowest BCUT2D eigenvalue weighted by Gasteiger charge is -2.31. The van der Waals surface area contributed by atoms with Gasteiger partial charge in [0.05, 0.1) is 12.6 Å². The number of nitrogens with zero attached hydrogens (tertiary/aromatic N) is 5. The summed E-state index contributed by atoms with van der Waals surface area (Å²) in [5.74, 6) is 1.64. The maximum Gasteiger partial charge on any atom is 0.165 e. The number of tetrazole rings is 1. The molecule has 2 aliphatic rings. The van der Waals surface area contributed by atoms with Crippen molar-refractivity contribution >= 4 is 0 Å². The van der Waals surface area contributed by atoms with Crippen LogP contribution in [0.5, 0.6) is 0 Å². The van der Waals surface area contributed by atoms with Gasteiger partial charge in [0.1, 0.15) is 0 Å². The van der Waals surface area contributed by atoms with E-state index < -0.39 is 0 Å². The number of piperidine rings is 1. The Balaban J connectivity index is 1.59. The Labute approximate surface area is 107 Å². The first-order valence-corrected chi connectivity index (χ1v) is 6.97. The molecule has 1 unspecified atom stereocenters. The van der Waals surface area contributed by atoms with E-state index in [9.17, 15) is 0 Å². The number of likely N-dealkylation sites (tertiary alicyclic amines) is 1. The van der Waals surface area contributed by atoms with Crippen LogP contribution >= 0.6 is 0 Å². The van der Waals surface area contributed by atoms with Gasteiger partial charge in [-0.25, -0.2) is 4.68 Å². The van der Waals surface area contributed by atoms with E-state index in [-0.39, 0.29) is 0 Å². The highest BCUT2D eigenvalue weighted by atomic mass is 16.3. The van der Waals surface area contributed by atoms with Crippen molar-refractivity contribution in [1.29, 1.82) is 0 Å². The third-order valence-corrected chi connectivity index (χ3v) is 3.96. The van der Waals surface area contributed by atoms with Crippen LogP contribution in [0.1, 0.15) is 44.0 Å². The second kappa shape index (κ2) is 5.32. The highest BCUT2D eigenvalue weighted by Gasteiger charge is 2.29. The van der Waals surface area contributed by atoms with Gasteiger partial charge in [-0.05, 0) is 55.0 Å². The molecule has 6 nitrogen and oxygen atoms in total. The molecular weight excluding hydrogens is 230 g/mol. The highest BCUT2D eigenvalue weighted by Crippen LogP contribution is 2.34. The van der Waals surface area contributed by atoms with Crippen molar-refractivity contribution in [2.75, 3.05) is 19.7 Å². The summed E-state index contributed by atoms with van der Waals surface area (Å²) in [6.07, 6.45) is 5.81. The lowest BCUT2D eigenvalue weighted by molar-refractivity contribution is 0.138. The zero-order chi connectivity index (χ0) is 12.4. The lowest BCUT2D eigenvalue weighted by Crippen LogP contribution is -2.36. The van der Waals surface area contributed by atoms with E-state index in [0.717, 1.165) is 31.9 Å². The predicted molar refractivity (Wildman–Crippen MR) is 65.8 cm³/mol. The second-order valence-electron chi connectivity index (χ2n) is 5.53. The van der Waals surface area contributed by atoms with Gasteiger partial charge in [-0.15, -0.1) is 5.10 Å². The van der Waals surface area contributed by atoms with E-state index in [4.69, 9.17) is 5.11 Å². The Morgan fingerprint density at radius 2 is 2.17 bits per heavy atom. The maximum atomic E-state index is 9.03. The largest absolute Gasteiger partial charge is 0.396 e. The van der Waals surface area contributed by atoms with Crippen LogP contribution in [0, 0.1) is 5.92 Å². The SMILES string of the molecule is OCCC1CCCN(Cc2nnnn2C2CC2)C1. The Bertz CT molecular complexity index is 388. The van der Waals surface area contributed by atoms with Crippen molar-refractivity contribution in [3.8, 4) is 0 Å². The standard InChI is InChI=1S/C12H21N5O/c18-7-5-10-2-1-6-16(8-10)9-12-13-14-15-17(12)11-3-4-11/h10-11,18H,1-9H2. The Morgan fingerprint density at radius 1 is 1.28 bits per heavy atom. The van der Waals surface area contributed by atoms with E-state index in [2.05, 4.69) is 20.4 Å². The van der Waals surface area contributed by atoms with Crippen LogP contribution in [-0.4, -0.2) is 49.9 Å². The Kier molecular flexibility index (Phi) is 3.56. The molecule has 1 aromatic heterocycles. The first-order valence-electron chi connectivity index (χ1n) is 6.97. The molecule has 100 valence electrons. The zero-order valence-corrected chi connectivity index (χ0v) is 10.7. The minimum absolute atomic E-state index is 0.304. The quantitative estimate of drug-likeness (QED) is 0.830. The third kappa shape index (κ3) is 2.70. The van der Waals surface area contributed by atoms with Crippen LogP contribution < -0.4 is 0 Å². The molecule has 6 heteroatoms. The number of aliphatic hydroxyl groups is 1. The van der Waals surface area contributed by atoms with Crippen LogP contribution in [0.2, 0.25) is 0 Å². The molecule has 1 aliphatic heterocycles. The minimum Gasteiger partial charge on any atom is -0.396 e. The molecule has 0 bridgehead atoms. The van der Waals surface area contributed by atoms with Gasteiger partial charge >= 0.3 is 0 Å².